The van der Waals surface area contributed by atoms with Crippen LogP contribution in [-0.2, 0) is 50.1 Å². The van der Waals surface area contributed by atoms with Crippen LogP contribution in [0.25, 0.3) is 0 Å². The lowest BCUT2D eigenvalue weighted by atomic mass is 9.90. The summed E-state index contributed by atoms with van der Waals surface area (Å²) in [5.74, 6) is 0. The van der Waals surface area contributed by atoms with E-state index < -0.39 is 30.5 Å². The fourth-order valence-corrected chi connectivity index (χ4v) is 5.82. The molecule has 0 aromatic heterocycles. The first kappa shape index (κ1) is 32.5. The summed E-state index contributed by atoms with van der Waals surface area (Å²) in [7, 11) is 0. The van der Waals surface area contributed by atoms with E-state index in [4.69, 9.17) is 23.7 Å². The molecule has 6 rings (SSSR count). The summed E-state index contributed by atoms with van der Waals surface area (Å²) in [6.45, 7) is 1.83. The maximum absolute atomic E-state index is 11.5. The molecule has 5 atom stereocenters. The monoisotopic (exact) mass is 628 g/mol. The topological polar surface area (TPSA) is 63.2 Å². The van der Waals surface area contributed by atoms with E-state index in [1.54, 1.807) is 12.1 Å². The van der Waals surface area contributed by atoms with E-state index >= 15 is 0 Å². The summed E-state index contributed by atoms with van der Waals surface area (Å²) in [4.78, 5) is 11.5. The average Bonchev–Trinajstić information content (AvgIpc) is 3.14. The molecule has 240 valence electrons. The summed E-state index contributed by atoms with van der Waals surface area (Å²) >= 11 is 0. The lowest BCUT2D eigenvalue weighted by Crippen LogP contribution is -2.58. The molecule has 0 amide bonds. The third kappa shape index (κ3) is 9.10. The van der Waals surface area contributed by atoms with Gasteiger partial charge in [-0.05, 0) is 27.8 Å². The van der Waals surface area contributed by atoms with Crippen molar-refractivity contribution in [3.63, 3.8) is 0 Å². The number of hydrogen-bond acceptors (Lipinski definition) is 6. The minimum absolute atomic E-state index is 0.286. The summed E-state index contributed by atoms with van der Waals surface area (Å²) < 4.78 is 33.5. The van der Waals surface area contributed by atoms with E-state index in [-0.39, 0.29) is 6.61 Å². The molecule has 6 heteroatoms. The van der Waals surface area contributed by atoms with Gasteiger partial charge in [0.15, 0.2) is 0 Å². The van der Waals surface area contributed by atoms with E-state index in [2.05, 4.69) is 12.1 Å². The Kier molecular flexibility index (Phi) is 11.7. The number of ether oxygens (including phenoxy) is 5. The van der Waals surface area contributed by atoms with Crippen LogP contribution in [0.4, 0.5) is 0 Å². The molecule has 5 aromatic rings. The molecular formula is C41H40O6. The van der Waals surface area contributed by atoms with Gasteiger partial charge in [-0.3, -0.25) is 4.79 Å². The molecule has 0 N–H and O–H groups in total. The highest BCUT2D eigenvalue weighted by Crippen LogP contribution is 2.38. The molecular weight excluding hydrogens is 588 g/mol. The van der Waals surface area contributed by atoms with Crippen molar-refractivity contribution in [2.45, 2.75) is 56.9 Å². The van der Waals surface area contributed by atoms with Gasteiger partial charge in [0.2, 0.25) is 0 Å². The first-order chi connectivity index (χ1) is 23.3. The second-order valence-corrected chi connectivity index (χ2v) is 11.7. The largest absolute Gasteiger partial charge is 0.374 e. The molecule has 5 aromatic carbocycles. The van der Waals surface area contributed by atoms with Gasteiger partial charge in [0, 0.05) is 5.56 Å². The maximum atomic E-state index is 11.5. The minimum Gasteiger partial charge on any atom is -0.374 e. The minimum atomic E-state index is -0.535. The van der Waals surface area contributed by atoms with Gasteiger partial charge in [-0.2, -0.15) is 0 Å². The van der Waals surface area contributed by atoms with Crippen molar-refractivity contribution < 1.29 is 28.5 Å². The van der Waals surface area contributed by atoms with Crippen molar-refractivity contribution in [2.24, 2.45) is 0 Å². The van der Waals surface area contributed by atoms with Crippen LogP contribution < -0.4 is 0 Å². The van der Waals surface area contributed by atoms with Crippen molar-refractivity contribution in [3.8, 4) is 0 Å². The summed E-state index contributed by atoms with van der Waals surface area (Å²) in [5, 5.41) is 0. The van der Waals surface area contributed by atoms with Crippen LogP contribution in [0, 0.1) is 0 Å². The molecule has 0 spiro atoms. The average molecular weight is 629 g/mol. The zero-order chi connectivity index (χ0) is 32.1. The van der Waals surface area contributed by atoms with Gasteiger partial charge in [-0.15, -0.1) is 0 Å². The molecule has 0 radical (unpaired) electrons. The van der Waals surface area contributed by atoms with Crippen molar-refractivity contribution >= 4 is 6.29 Å². The Morgan fingerprint density at radius 2 is 0.915 bits per heavy atom. The third-order valence-corrected chi connectivity index (χ3v) is 8.28. The highest BCUT2D eigenvalue weighted by atomic mass is 16.6. The van der Waals surface area contributed by atoms with Gasteiger partial charge in [-0.25, -0.2) is 0 Å². The molecule has 1 fully saturated rings. The normalized spacial score (nSPS) is 20.9. The predicted octanol–water partition coefficient (Wildman–Crippen LogP) is 7.91. The molecule has 47 heavy (non-hydrogen) atoms. The lowest BCUT2D eigenvalue weighted by Gasteiger charge is -2.46. The molecule has 1 heterocycles. The Bertz CT molecular complexity index is 1610. The fraction of sp³-hybridized carbons (Fsp3) is 0.244. The van der Waals surface area contributed by atoms with Crippen LogP contribution in [0.3, 0.4) is 0 Å². The highest BCUT2D eigenvalue weighted by molar-refractivity contribution is 5.74. The van der Waals surface area contributed by atoms with E-state index in [1.165, 1.54) is 0 Å². The van der Waals surface area contributed by atoms with Crippen molar-refractivity contribution in [3.05, 3.63) is 179 Å². The van der Waals surface area contributed by atoms with Gasteiger partial charge in [0.1, 0.15) is 36.8 Å². The van der Waals surface area contributed by atoms with Crippen LogP contribution >= 0.6 is 0 Å². The van der Waals surface area contributed by atoms with Gasteiger partial charge in [0.25, 0.3) is 0 Å². The SMILES string of the molecule is O=Cc1ccc(C2OC(COCc3ccccc3)C(OCc3ccccc3)C(OCc3ccccc3)C2OCc2ccccc2)cc1. The van der Waals surface area contributed by atoms with Crippen LogP contribution in [0.15, 0.2) is 146 Å². The second kappa shape index (κ2) is 16.9. The molecule has 1 aliphatic rings. The van der Waals surface area contributed by atoms with Crippen molar-refractivity contribution in [1.82, 2.24) is 0 Å². The Balaban J connectivity index is 1.34. The number of carbonyl (C=O) groups is 1. The van der Waals surface area contributed by atoms with Gasteiger partial charge < -0.3 is 23.7 Å². The molecule has 6 nitrogen and oxygen atoms in total. The fourth-order valence-electron chi connectivity index (χ4n) is 5.82. The molecule has 0 saturated carbocycles. The smallest absolute Gasteiger partial charge is 0.150 e. The maximum Gasteiger partial charge on any atom is 0.150 e. The molecule has 1 aliphatic heterocycles. The Morgan fingerprint density at radius 3 is 1.38 bits per heavy atom. The molecule has 1 saturated heterocycles. The Hall–Kier alpha value is -4.43. The standard InChI is InChI=1S/C41H40O6/c42-25-31-21-23-36(24-22-31)38-40(45-28-34-17-9-3-10-18-34)41(46-29-35-19-11-4-12-20-35)39(44-27-33-15-7-2-8-16-33)37(47-38)30-43-26-32-13-5-1-6-14-32/h1-25,37-41H,26-30H2. The van der Waals surface area contributed by atoms with Crippen molar-refractivity contribution in [1.29, 1.82) is 0 Å². The van der Waals surface area contributed by atoms with Crippen LogP contribution in [-0.4, -0.2) is 37.3 Å². The van der Waals surface area contributed by atoms with Crippen LogP contribution in [0.5, 0.6) is 0 Å². The number of benzene rings is 5. The summed E-state index contributed by atoms with van der Waals surface area (Å²) in [6.07, 6.45) is -1.71. The molecule has 0 aliphatic carbocycles. The van der Waals surface area contributed by atoms with Gasteiger partial charge in [-0.1, -0.05) is 146 Å². The van der Waals surface area contributed by atoms with E-state index in [9.17, 15) is 4.79 Å². The molecule has 5 unspecified atom stereocenters. The quantitative estimate of drug-likeness (QED) is 0.110. The van der Waals surface area contributed by atoms with Crippen molar-refractivity contribution in [2.75, 3.05) is 6.61 Å². The van der Waals surface area contributed by atoms with Crippen LogP contribution in [0.2, 0.25) is 0 Å². The lowest BCUT2D eigenvalue weighted by molar-refractivity contribution is -0.275. The highest BCUT2D eigenvalue weighted by Gasteiger charge is 2.49. The second-order valence-electron chi connectivity index (χ2n) is 11.7. The van der Waals surface area contributed by atoms with E-state index in [1.807, 2.05) is 121 Å². The Labute approximate surface area is 276 Å². The zero-order valence-electron chi connectivity index (χ0n) is 26.3. The zero-order valence-corrected chi connectivity index (χ0v) is 26.3. The first-order valence-electron chi connectivity index (χ1n) is 16.1. The summed E-state index contributed by atoms with van der Waals surface area (Å²) in [5.41, 5.74) is 5.69. The van der Waals surface area contributed by atoms with E-state index in [0.717, 1.165) is 34.1 Å². The number of hydrogen-bond donors (Lipinski definition) is 0. The van der Waals surface area contributed by atoms with Gasteiger partial charge in [0.05, 0.1) is 33.0 Å². The third-order valence-electron chi connectivity index (χ3n) is 8.28. The van der Waals surface area contributed by atoms with Crippen LogP contribution in [0.1, 0.15) is 44.3 Å². The van der Waals surface area contributed by atoms with Gasteiger partial charge >= 0.3 is 0 Å². The number of aldehydes is 1. The van der Waals surface area contributed by atoms with E-state index in [0.29, 0.717) is 32.0 Å². The summed E-state index contributed by atoms with van der Waals surface area (Å²) in [6, 6.07) is 47.8. The Morgan fingerprint density at radius 1 is 0.489 bits per heavy atom. The molecule has 0 bridgehead atoms. The number of rotatable bonds is 15. The predicted molar refractivity (Wildman–Crippen MR) is 181 cm³/mol. The number of carbonyl (C=O) groups excluding carboxylic acids is 1. The first-order valence-corrected chi connectivity index (χ1v) is 16.1.